The molecule has 0 radical (unpaired) electrons. The van der Waals surface area contributed by atoms with Crippen molar-refractivity contribution in [1.29, 1.82) is 5.26 Å². The maximum absolute atomic E-state index is 12.2. The molecule has 5 heteroatoms. The van der Waals surface area contributed by atoms with Gasteiger partial charge in [-0.1, -0.05) is 0 Å². The molecule has 0 spiro atoms. The molecular formula is C17H22N2O3. The van der Waals surface area contributed by atoms with E-state index in [1.807, 2.05) is 18.2 Å². The van der Waals surface area contributed by atoms with Crippen LogP contribution in [-0.2, 0) is 11.2 Å². The number of nitriles is 1. The minimum Gasteiger partial charge on any atom is -0.497 e. The Hall–Kier alpha value is -2.22. The molecule has 1 amide bonds. The summed E-state index contributed by atoms with van der Waals surface area (Å²) in [5.41, 5.74) is 0.268. The van der Waals surface area contributed by atoms with Gasteiger partial charge in [0.2, 0.25) is 5.91 Å². The highest BCUT2D eigenvalue weighted by Crippen LogP contribution is 2.29. The van der Waals surface area contributed by atoms with Crippen molar-refractivity contribution < 1.29 is 14.3 Å². The summed E-state index contributed by atoms with van der Waals surface area (Å²) in [5, 5.41) is 12.2. The number of carbonyl (C=O) groups is 1. The van der Waals surface area contributed by atoms with Gasteiger partial charge in [0.25, 0.3) is 0 Å². The third-order valence-corrected chi connectivity index (χ3v) is 4.16. The van der Waals surface area contributed by atoms with E-state index in [1.165, 1.54) is 0 Å². The fourth-order valence-corrected chi connectivity index (χ4v) is 2.90. The lowest BCUT2D eigenvalue weighted by atomic mass is 9.99. The van der Waals surface area contributed by atoms with Gasteiger partial charge in [0, 0.05) is 6.42 Å². The van der Waals surface area contributed by atoms with E-state index in [0.717, 1.165) is 42.7 Å². The first kappa shape index (κ1) is 16.2. The number of nitrogens with one attached hydrogen (secondary N) is 1. The summed E-state index contributed by atoms with van der Waals surface area (Å²) in [5.74, 6) is 1.39. The zero-order valence-electron chi connectivity index (χ0n) is 13.1. The van der Waals surface area contributed by atoms with Gasteiger partial charge in [-0.05, 0) is 55.9 Å². The number of nitrogens with zero attached hydrogens (tertiary/aromatic N) is 1. The topological polar surface area (TPSA) is 71.3 Å². The Balaban J connectivity index is 1.97. The Labute approximate surface area is 131 Å². The maximum atomic E-state index is 12.2. The highest BCUT2D eigenvalue weighted by molar-refractivity contribution is 5.77. The molecule has 5 nitrogen and oxygen atoms in total. The van der Waals surface area contributed by atoms with Gasteiger partial charge in [-0.3, -0.25) is 4.79 Å². The van der Waals surface area contributed by atoms with Crippen LogP contribution in [0.25, 0.3) is 0 Å². The summed E-state index contributed by atoms with van der Waals surface area (Å²) in [7, 11) is 3.21. The molecule has 118 valence electrons. The monoisotopic (exact) mass is 302 g/mol. The van der Waals surface area contributed by atoms with Crippen molar-refractivity contribution in [3.8, 4) is 17.6 Å². The van der Waals surface area contributed by atoms with Crippen LogP contribution in [-0.4, -0.2) is 25.7 Å². The molecular weight excluding hydrogens is 280 g/mol. The lowest BCUT2D eigenvalue weighted by Gasteiger charge is -2.22. The number of ether oxygens (including phenoxy) is 2. The summed E-state index contributed by atoms with van der Waals surface area (Å²) < 4.78 is 10.5. The van der Waals surface area contributed by atoms with Crippen LogP contribution in [0.4, 0.5) is 0 Å². The standard InChI is InChI=1S/C17H22N2O3/c1-21-14-6-7-15(22-2)13(11-14)5-8-16(20)19-17(12-18)9-3-4-10-17/h6-7,11H,3-5,8-10H2,1-2H3,(H,19,20). The predicted molar refractivity (Wildman–Crippen MR) is 82.8 cm³/mol. The highest BCUT2D eigenvalue weighted by atomic mass is 16.5. The fraction of sp³-hybridized carbons (Fsp3) is 0.529. The quantitative estimate of drug-likeness (QED) is 0.876. The van der Waals surface area contributed by atoms with Gasteiger partial charge in [-0.15, -0.1) is 0 Å². The first-order valence-electron chi connectivity index (χ1n) is 7.55. The fourth-order valence-electron chi connectivity index (χ4n) is 2.90. The van der Waals surface area contributed by atoms with E-state index in [2.05, 4.69) is 11.4 Å². The summed E-state index contributed by atoms with van der Waals surface area (Å²) in [6.45, 7) is 0. The van der Waals surface area contributed by atoms with E-state index in [-0.39, 0.29) is 5.91 Å². The predicted octanol–water partition coefficient (Wildman–Crippen LogP) is 2.59. The van der Waals surface area contributed by atoms with Crippen molar-refractivity contribution in [2.24, 2.45) is 0 Å². The lowest BCUT2D eigenvalue weighted by Crippen LogP contribution is -2.45. The summed E-state index contributed by atoms with van der Waals surface area (Å²) >= 11 is 0. The zero-order chi connectivity index (χ0) is 16.0. The van der Waals surface area contributed by atoms with Gasteiger partial charge in [0.1, 0.15) is 17.0 Å². The molecule has 2 rings (SSSR count). The summed E-state index contributed by atoms with van der Waals surface area (Å²) in [4.78, 5) is 12.2. The summed E-state index contributed by atoms with van der Waals surface area (Å²) in [6, 6.07) is 7.81. The first-order valence-corrected chi connectivity index (χ1v) is 7.55. The second-order valence-electron chi connectivity index (χ2n) is 5.63. The van der Waals surface area contributed by atoms with E-state index in [0.29, 0.717) is 12.8 Å². The first-order chi connectivity index (χ1) is 10.6. The smallest absolute Gasteiger partial charge is 0.221 e. The molecule has 0 aliphatic heterocycles. The van der Waals surface area contributed by atoms with Crippen LogP contribution in [0.3, 0.4) is 0 Å². The molecule has 1 saturated carbocycles. The lowest BCUT2D eigenvalue weighted by molar-refractivity contribution is -0.122. The Morgan fingerprint density at radius 1 is 1.32 bits per heavy atom. The van der Waals surface area contributed by atoms with Crippen LogP contribution < -0.4 is 14.8 Å². The third-order valence-electron chi connectivity index (χ3n) is 4.16. The molecule has 0 saturated heterocycles. The number of rotatable bonds is 6. The molecule has 22 heavy (non-hydrogen) atoms. The average molecular weight is 302 g/mol. The number of amides is 1. The second-order valence-corrected chi connectivity index (χ2v) is 5.63. The third kappa shape index (κ3) is 3.70. The Morgan fingerprint density at radius 2 is 2.05 bits per heavy atom. The van der Waals surface area contributed by atoms with Gasteiger partial charge < -0.3 is 14.8 Å². The van der Waals surface area contributed by atoms with Crippen LogP contribution in [0.15, 0.2) is 18.2 Å². The molecule has 1 aromatic rings. The molecule has 1 aliphatic carbocycles. The van der Waals surface area contributed by atoms with Crippen LogP contribution in [0.2, 0.25) is 0 Å². The molecule has 1 aromatic carbocycles. The van der Waals surface area contributed by atoms with E-state index in [4.69, 9.17) is 9.47 Å². The number of carbonyl (C=O) groups excluding carboxylic acids is 1. The van der Waals surface area contributed by atoms with Gasteiger partial charge in [0.05, 0.1) is 20.3 Å². The van der Waals surface area contributed by atoms with Gasteiger partial charge >= 0.3 is 0 Å². The number of hydrogen-bond donors (Lipinski definition) is 1. The number of methoxy groups -OCH3 is 2. The zero-order valence-corrected chi connectivity index (χ0v) is 13.1. The number of benzene rings is 1. The summed E-state index contributed by atoms with van der Waals surface area (Å²) in [6.07, 6.45) is 4.37. The van der Waals surface area contributed by atoms with E-state index in [1.54, 1.807) is 14.2 Å². The normalized spacial score (nSPS) is 15.9. The molecule has 0 bridgehead atoms. The van der Waals surface area contributed by atoms with Gasteiger partial charge in [0.15, 0.2) is 0 Å². The largest absolute Gasteiger partial charge is 0.497 e. The molecule has 0 aromatic heterocycles. The van der Waals surface area contributed by atoms with Crippen molar-refractivity contribution in [1.82, 2.24) is 5.32 Å². The van der Waals surface area contributed by atoms with Crippen molar-refractivity contribution in [2.45, 2.75) is 44.1 Å². The average Bonchev–Trinajstić information content (AvgIpc) is 3.01. The van der Waals surface area contributed by atoms with Crippen molar-refractivity contribution in [2.75, 3.05) is 14.2 Å². The van der Waals surface area contributed by atoms with Gasteiger partial charge in [-0.25, -0.2) is 0 Å². The van der Waals surface area contributed by atoms with E-state index >= 15 is 0 Å². The van der Waals surface area contributed by atoms with E-state index < -0.39 is 5.54 Å². The van der Waals surface area contributed by atoms with E-state index in [9.17, 15) is 10.1 Å². The molecule has 0 atom stereocenters. The Morgan fingerprint density at radius 3 is 2.64 bits per heavy atom. The molecule has 1 aliphatic rings. The molecule has 0 heterocycles. The number of hydrogen-bond acceptors (Lipinski definition) is 4. The minimum absolute atomic E-state index is 0.0895. The van der Waals surface area contributed by atoms with Gasteiger partial charge in [-0.2, -0.15) is 5.26 Å². The molecule has 0 unspecified atom stereocenters. The van der Waals surface area contributed by atoms with Crippen LogP contribution in [0, 0.1) is 11.3 Å². The van der Waals surface area contributed by atoms with Crippen molar-refractivity contribution in [3.05, 3.63) is 23.8 Å². The molecule has 1 N–H and O–H groups in total. The van der Waals surface area contributed by atoms with Crippen LogP contribution in [0.5, 0.6) is 11.5 Å². The van der Waals surface area contributed by atoms with Crippen LogP contribution >= 0.6 is 0 Å². The number of aryl methyl sites for hydroxylation is 1. The second kappa shape index (κ2) is 7.17. The minimum atomic E-state index is -0.657. The Bertz CT molecular complexity index is 572. The molecule has 1 fully saturated rings. The maximum Gasteiger partial charge on any atom is 0.221 e. The SMILES string of the molecule is COc1ccc(OC)c(CCC(=O)NC2(C#N)CCCC2)c1. The van der Waals surface area contributed by atoms with Crippen molar-refractivity contribution in [3.63, 3.8) is 0 Å². The highest BCUT2D eigenvalue weighted by Gasteiger charge is 2.35. The Kier molecular flexibility index (Phi) is 5.26. The van der Waals surface area contributed by atoms with Crippen molar-refractivity contribution >= 4 is 5.91 Å². The van der Waals surface area contributed by atoms with Crippen LogP contribution in [0.1, 0.15) is 37.7 Å².